The minimum absolute atomic E-state index is 0.00711. The van der Waals surface area contributed by atoms with Gasteiger partial charge in [-0.1, -0.05) is 71.4 Å². The van der Waals surface area contributed by atoms with Gasteiger partial charge in [-0.2, -0.15) is 0 Å². The van der Waals surface area contributed by atoms with Crippen molar-refractivity contribution >= 4 is 23.2 Å². The van der Waals surface area contributed by atoms with Gasteiger partial charge >= 0.3 is 0 Å². The first kappa shape index (κ1) is 22.0. The average Bonchev–Trinajstić information content (AvgIpc) is 2.60. The second-order valence-corrected chi connectivity index (χ2v) is 7.66. The summed E-state index contributed by atoms with van der Waals surface area (Å²) in [5.41, 5.74) is 0.553. The van der Waals surface area contributed by atoms with Gasteiger partial charge in [-0.25, -0.2) is 4.39 Å². The first-order valence-electron chi connectivity index (χ1n) is 9.64. The van der Waals surface area contributed by atoms with E-state index in [0.717, 1.165) is 31.6 Å². The molecular formula is C21H33ClFNO. The molecule has 1 aromatic rings. The number of amides is 1. The number of anilines is 1. The zero-order valence-electron chi connectivity index (χ0n) is 16.1. The third-order valence-corrected chi connectivity index (χ3v) is 5.49. The van der Waals surface area contributed by atoms with Gasteiger partial charge in [0.05, 0.1) is 5.02 Å². The van der Waals surface area contributed by atoms with Crippen LogP contribution in [0.2, 0.25) is 5.02 Å². The first-order chi connectivity index (χ1) is 11.9. The average molecular weight is 370 g/mol. The molecule has 0 bridgehead atoms. The molecule has 0 aliphatic carbocycles. The highest BCUT2D eigenvalue weighted by Gasteiger charge is 2.23. The van der Waals surface area contributed by atoms with Gasteiger partial charge in [0.25, 0.3) is 0 Å². The monoisotopic (exact) mass is 369 g/mol. The van der Waals surface area contributed by atoms with Crippen LogP contribution >= 0.6 is 11.6 Å². The Hall–Kier alpha value is -1.09. The van der Waals surface area contributed by atoms with E-state index < -0.39 is 5.82 Å². The molecule has 0 aliphatic rings. The van der Waals surface area contributed by atoms with E-state index in [1.807, 2.05) is 6.92 Å². The third kappa shape index (κ3) is 7.77. The van der Waals surface area contributed by atoms with Crippen molar-refractivity contribution in [2.24, 2.45) is 17.8 Å². The number of benzene rings is 1. The number of rotatable bonds is 11. The van der Waals surface area contributed by atoms with Crippen LogP contribution < -0.4 is 5.32 Å². The van der Waals surface area contributed by atoms with E-state index in [-0.39, 0.29) is 16.8 Å². The summed E-state index contributed by atoms with van der Waals surface area (Å²) in [5, 5.41) is 2.92. The Bertz CT molecular complexity index is 535. The van der Waals surface area contributed by atoms with Crippen molar-refractivity contribution in [1.29, 1.82) is 0 Å². The lowest BCUT2D eigenvalue weighted by molar-refractivity contribution is -0.121. The Morgan fingerprint density at radius 1 is 1.16 bits per heavy atom. The molecule has 25 heavy (non-hydrogen) atoms. The molecule has 3 atom stereocenters. The van der Waals surface area contributed by atoms with Crippen LogP contribution in [-0.4, -0.2) is 5.91 Å². The van der Waals surface area contributed by atoms with Crippen LogP contribution in [0.1, 0.15) is 72.6 Å². The summed E-state index contributed by atoms with van der Waals surface area (Å²) in [6.45, 7) is 8.70. The van der Waals surface area contributed by atoms with Gasteiger partial charge in [-0.05, 0) is 42.9 Å². The summed E-state index contributed by atoms with van der Waals surface area (Å²) < 4.78 is 13.3. The number of carbonyl (C=O) groups excluding carboxylic acids is 1. The van der Waals surface area contributed by atoms with Gasteiger partial charge in [0.1, 0.15) is 5.82 Å². The second kappa shape index (κ2) is 11.5. The smallest absolute Gasteiger partial charge is 0.227 e. The number of nitrogens with one attached hydrogen (secondary N) is 1. The van der Waals surface area contributed by atoms with Crippen LogP contribution in [0.4, 0.5) is 10.1 Å². The maximum atomic E-state index is 13.3. The van der Waals surface area contributed by atoms with Crippen molar-refractivity contribution in [2.45, 2.75) is 72.6 Å². The Morgan fingerprint density at radius 3 is 2.44 bits per heavy atom. The zero-order chi connectivity index (χ0) is 18.8. The Balaban J connectivity index is 2.65. The van der Waals surface area contributed by atoms with Crippen LogP contribution in [0, 0.1) is 23.6 Å². The zero-order valence-corrected chi connectivity index (χ0v) is 16.8. The molecule has 1 N–H and O–H groups in total. The molecule has 0 radical (unpaired) electrons. The molecule has 0 aromatic heterocycles. The first-order valence-corrected chi connectivity index (χ1v) is 10.0. The molecule has 2 nitrogen and oxygen atoms in total. The molecule has 3 unspecified atom stereocenters. The Labute approximate surface area is 157 Å². The van der Waals surface area contributed by atoms with E-state index in [4.69, 9.17) is 11.6 Å². The van der Waals surface area contributed by atoms with E-state index in [2.05, 4.69) is 26.1 Å². The highest BCUT2D eigenvalue weighted by molar-refractivity contribution is 6.31. The van der Waals surface area contributed by atoms with E-state index >= 15 is 0 Å². The molecule has 0 saturated heterocycles. The van der Waals surface area contributed by atoms with Gasteiger partial charge in [0.2, 0.25) is 5.91 Å². The molecule has 0 aliphatic heterocycles. The summed E-state index contributed by atoms with van der Waals surface area (Å²) in [5.74, 6) is 0.593. The van der Waals surface area contributed by atoms with Crippen molar-refractivity contribution in [3.63, 3.8) is 0 Å². The highest BCUT2D eigenvalue weighted by Crippen LogP contribution is 2.28. The molecule has 142 valence electrons. The fourth-order valence-corrected chi connectivity index (χ4v) is 3.27. The molecule has 0 saturated carbocycles. The lowest BCUT2D eigenvalue weighted by Crippen LogP contribution is -2.27. The molecule has 0 heterocycles. The number of carbonyl (C=O) groups is 1. The van der Waals surface area contributed by atoms with Crippen LogP contribution in [0.15, 0.2) is 18.2 Å². The molecule has 0 spiro atoms. The van der Waals surface area contributed by atoms with E-state index in [1.54, 1.807) is 6.07 Å². The Morgan fingerprint density at radius 2 is 1.84 bits per heavy atom. The fraction of sp³-hybridized carbons (Fsp3) is 0.667. The summed E-state index contributed by atoms with van der Waals surface area (Å²) in [6.07, 6.45) is 8.06. The quantitative estimate of drug-likeness (QED) is 0.443. The van der Waals surface area contributed by atoms with Crippen LogP contribution in [0.3, 0.4) is 0 Å². The highest BCUT2D eigenvalue weighted by atomic mass is 35.5. The maximum Gasteiger partial charge on any atom is 0.227 e. The van der Waals surface area contributed by atoms with Gasteiger partial charge in [0, 0.05) is 11.6 Å². The summed E-state index contributed by atoms with van der Waals surface area (Å²) >= 11 is 5.79. The van der Waals surface area contributed by atoms with E-state index in [9.17, 15) is 9.18 Å². The summed E-state index contributed by atoms with van der Waals surface area (Å²) in [6, 6.07) is 4.30. The standard InChI is InChI=1S/C21H33ClFNO/c1-5-7-10-17(11-8-9-15(3)6-2)16(4)21(25)24-18-12-13-20(23)19(22)14-18/h12-17H,5-11H2,1-4H3,(H,24,25). The normalized spacial score (nSPS) is 14.8. The van der Waals surface area contributed by atoms with Crippen LogP contribution in [0.5, 0.6) is 0 Å². The van der Waals surface area contributed by atoms with Crippen molar-refractivity contribution in [1.82, 2.24) is 0 Å². The number of halogens is 2. The number of unbranched alkanes of at least 4 members (excludes halogenated alkanes) is 1. The molecule has 0 fully saturated rings. The minimum Gasteiger partial charge on any atom is -0.326 e. The molecule has 4 heteroatoms. The van der Waals surface area contributed by atoms with Crippen molar-refractivity contribution < 1.29 is 9.18 Å². The van der Waals surface area contributed by atoms with Crippen molar-refractivity contribution in [3.8, 4) is 0 Å². The lowest BCUT2D eigenvalue weighted by atomic mass is 9.83. The topological polar surface area (TPSA) is 29.1 Å². The Kier molecular flexibility index (Phi) is 10.1. The van der Waals surface area contributed by atoms with Crippen molar-refractivity contribution in [3.05, 3.63) is 29.0 Å². The maximum absolute atomic E-state index is 13.3. The third-order valence-electron chi connectivity index (χ3n) is 5.21. The predicted molar refractivity (Wildman–Crippen MR) is 106 cm³/mol. The van der Waals surface area contributed by atoms with Gasteiger partial charge in [-0.15, -0.1) is 0 Å². The number of hydrogen-bond donors (Lipinski definition) is 1. The summed E-state index contributed by atoms with van der Waals surface area (Å²) in [7, 11) is 0. The van der Waals surface area contributed by atoms with Gasteiger partial charge in [0.15, 0.2) is 0 Å². The van der Waals surface area contributed by atoms with E-state index in [1.165, 1.54) is 31.4 Å². The molecule has 1 aromatic carbocycles. The lowest BCUT2D eigenvalue weighted by Gasteiger charge is -2.24. The number of hydrogen-bond acceptors (Lipinski definition) is 1. The largest absolute Gasteiger partial charge is 0.326 e. The van der Waals surface area contributed by atoms with E-state index in [0.29, 0.717) is 11.6 Å². The molecular weight excluding hydrogens is 337 g/mol. The summed E-state index contributed by atoms with van der Waals surface area (Å²) in [4.78, 5) is 12.6. The van der Waals surface area contributed by atoms with Crippen LogP contribution in [-0.2, 0) is 4.79 Å². The molecule has 1 amide bonds. The van der Waals surface area contributed by atoms with Gasteiger partial charge in [-0.3, -0.25) is 4.79 Å². The SMILES string of the molecule is CCCCC(CCCC(C)CC)C(C)C(=O)Nc1ccc(F)c(Cl)c1. The fourth-order valence-electron chi connectivity index (χ4n) is 3.09. The molecule has 1 rings (SSSR count). The van der Waals surface area contributed by atoms with Crippen molar-refractivity contribution in [2.75, 3.05) is 5.32 Å². The minimum atomic E-state index is -0.474. The second-order valence-electron chi connectivity index (χ2n) is 7.25. The van der Waals surface area contributed by atoms with Gasteiger partial charge < -0.3 is 5.32 Å². The van der Waals surface area contributed by atoms with Crippen LogP contribution in [0.25, 0.3) is 0 Å². The predicted octanol–water partition coefficient (Wildman–Crippen LogP) is 7.08.